The van der Waals surface area contributed by atoms with Crippen LogP contribution < -0.4 is 10.6 Å². The van der Waals surface area contributed by atoms with Gasteiger partial charge in [0.1, 0.15) is 0 Å². The first kappa shape index (κ1) is 14.8. The standard InChI is InChI=1S/C15H17N3O3S/c19-15(17-9-11-5-7-22(20,21)10-11)18-13-3-4-14-12(8-13)2-1-6-16-14/h1-4,6,8,11H,5,7,9-10H2,(H2,17,18,19)/t11-/m0/s1. The minimum atomic E-state index is -2.91. The molecule has 7 heteroatoms. The Morgan fingerprint density at radius 3 is 2.95 bits per heavy atom. The molecule has 116 valence electrons. The smallest absolute Gasteiger partial charge is 0.319 e. The molecule has 6 nitrogen and oxygen atoms in total. The Bertz CT molecular complexity index is 805. The summed E-state index contributed by atoms with van der Waals surface area (Å²) in [5.41, 5.74) is 1.54. The molecule has 1 saturated heterocycles. The van der Waals surface area contributed by atoms with E-state index in [1.807, 2.05) is 24.3 Å². The van der Waals surface area contributed by atoms with Gasteiger partial charge in [-0.3, -0.25) is 4.98 Å². The average Bonchev–Trinajstić information content (AvgIpc) is 2.84. The molecule has 0 radical (unpaired) electrons. The highest BCUT2D eigenvalue weighted by molar-refractivity contribution is 7.91. The normalized spacial score (nSPS) is 19.9. The van der Waals surface area contributed by atoms with Crippen molar-refractivity contribution in [1.82, 2.24) is 10.3 Å². The summed E-state index contributed by atoms with van der Waals surface area (Å²) >= 11 is 0. The summed E-state index contributed by atoms with van der Waals surface area (Å²) in [5, 5.41) is 6.43. The summed E-state index contributed by atoms with van der Waals surface area (Å²) in [7, 11) is -2.91. The molecule has 1 aliphatic rings. The third kappa shape index (κ3) is 3.54. The molecule has 3 rings (SSSR count). The van der Waals surface area contributed by atoms with Crippen LogP contribution in [0.25, 0.3) is 10.9 Å². The van der Waals surface area contributed by atoms with E-state index in [0.717, 1.165) is 10.9 Å². The Morgan fingerprint density at radius 1 is 1.32 bits per heavy atom. The van der Waals surface area contributed by atoms with Crippen molar-refractivity contribution in [2.45, 2.75) is 6.42 Å². The summed E-state index contributed by atoms with van der Waals surface area (Å²) in [6, 6.07) is 8.92. The number of carbonyl (C=O) groups excluding carboxylic acids is 1. The van der Waals surface area contributed by atoms with E-state index in [9.17, 15) is 13.2 Å². The van der Waals surface area contributed by atoms with Gasteiger partial charge >= 0.3 is 6.03 Å². The first-order valence-corrected chi connectivity index (χ1v) is 8.94. The van der Waals surface area contributed by atoms with Gasteiger partial charge in [0, 0.05) is 23.8 Å². The minimum Gasteiger partial charge on any atom is -0.338 e. The molecule has 0 unspecified atom stereocenters. The fourth-order valence-corrected chi connectivity index (χ4v) is 4.46. The second kappa shape index (κ2) is 5.92. The number of carbonyl (C=O) groups is 1. The second-order valence-electron chi connectivity index (χ2n) is 5.51. The van der Waals surface area contributed by atoms with Crippen molar-refractivity contribution in [1.29, 1.82) is 0 Å². The number of amides is 2. The van der Waals surface area contributed by atoms with Crippen molar-refractivity contribution in [3.05, 3.63) is 36.5 Å². The van der Waals surface area contributed by atoms with Gasteiger partial charge in [0.25, 0.3) is 0 Å². The van der Waals surface area contributed by atoms with E-state index in [1.54, 1.807) is 12.3 Å². The van der Waals surface area contributed by atoms with Crippen LogP contribution in [0.2, 0.25) is 0 Å². The van der Waals surface area contributed by atoms with Gasteiger partial charge in [0.2, 0.25) is 0 Å². The third-order valence-corrected chi connectivity index (χ3v) is 5.58. The summed E-state index contributed by atoms with van der Waals surface area (Å²) in [6.07, 6.45) is 2.34. The maximum Gasteiger partial charge on any atom is 0.319 e. The predicted molar refractivity (Wildman–Crippen MR) is 85.5 cm³/mol. The van der Waals surface area contributed by atoms with Gasteiger partial charge in [-0.2, -0.15) is 0 Å². The van der Waals surface area contributed by atoms with Crippen LogP contribution >= 0.6 is 0 Å². The lowest BCUT2D eigenvalue weighted by Crippen LogP contribution is -2.33. The summed E-state index contributed by atoms with van der Waals surface area (Å²) < 4.78 is 22.7. The van der Waals surface area contributed by atoms with E-state index in [2.05, 4.69) is 15.6 Å². The predicted octanol–water partition coefficient (Wildman–Crippen LogP) is 1.79. The van der Waals surface area contributed by atoms with Crippen LogP contribution in [-0.4, -0.2) is 37.5 Å². The molecule has 2 aromatic rings. The number of rotatable bonds is 3. The van der Waals surface area contributed by atoms with Gasteiger partial charge in [-0.05, 0) is 36.6 Å². The van der Waals surface area contributed by atoms with Crippen molar-refractivity contribution in [2.24, 2.45) is 5.92 Å². The minimum absolute atomic E-state index is 0.0107. The molecule has 1 aromatic heterocycles. The molecule has 0 aliphatic carbocycles. The van der Waals surface area contributed by atoms with E-state index >= 15 is 0 Å². The van der Waals surface area contributed by atoms with Crippen molar-refractivity contribution >= 4 is 32.5 Å². The molecule has 2 amide bonds. The van der Waals surface area contributed by atoms with Crippen LogP contribution in [-0.2, 0) is 9.84 Å². The van der Waals surface area contributed by atoms with E-state index in [0.29, 0.717) is 18.7 Å². The molecule has 22 heavy (non-hydrogen) atoms. The zero-order valence-electron chi connectivity index (χ0n) is 12.0. The lowest BCUT2D eigenvalue weighted by molar-refractivity contribution is 0.250. The number of pyridine rings is 1. The maximum atomic E-state index is 11.9. The highest BCUT2D eigenvalue weighted by Crippen LogP contribution is 2.18. The molecular weight excluding hydrogens is 302 g/mol. The van der Waals surface area contributed by atoms with Crippen LogP contribution in [0.15, 0.2) is 36.5 Å². The lowest BCUT2D eigenvalue weighted by atomic mass is 10.1. The van der Waals surface area contributed by atoms with Crippen LogP contribution in [0.5, 0.6) is 0 Å². The molecule has 1 atom stereocenters. The van der Waals surface area contributed by atoms with Crippen molar-refractivity contribution < 1.29 is 13.2 Å². The SMILES string of the molecule is O=C(NC[C@@H]1CCS(=O)(=O)C1)Nc1ccc2ncccc2c1. The number of nitrogens with zero attached hydrogens (tertiary/aromatic N) is 1. The van der Waals surface area contributed by atoms with Crippen molar-refractivity contribution in [2.75, 3.05) is 23.4 Å². The summed E-state index contributed by atoms with van der Waals surface area (Å²) in [5.74, 6) is 0.393. The molecular formula is C15H17N3O3S. The zero-order chi connectivity index (χ0) is 15.6. The van der Waals surface area contributed by atoms with Crippen molar-refractivity contribution in [3.8, 4) is 0 Å². The number of nitrogens with one attached hydrogen (secondary N) is 2. The molecule has 0 saturated carbocycles. The first-order chi connectivity index (χ1) is 10.5. The van der Waals surface area contributed by atoms with E-state index in [4.69, 9.17) is 0 Å². The van der Waals surface area contributed by atoms with Crippen LogP contribution in [0.1, 0.15) is 6.42 Å². The highest BCUT2D eigenvalue weighted by Gasteiger charge is 2.27. The molecule has 2 heterocycles. The number of hydrogen-bond donors (Lipinski definition) is 2. The zero-order valence-corrected chi connectivity index (χ0v) is 12.8. The maximum absolute atomic E-state index is 11.9. The Kier molecular flexibility index (Phi) is 3.98. The van der Waals surface area contributed by atoms with E-state index < -0.39 is 9.84 Å². The largest absolute Gasteiger partial charge is 0.338 e. The topological polar surface area (TPSA) is 88.2 Å². The van der Waals surface area contributed by atoms with Crippen LogP contribution in [0.3, 0.4) is 0 Å². The van der Waals surface area contributed by atoms with Crippen LogP contribution in [0, 0.1) is 5.92 Å². The first-order valence-electron chi connectivity index (χ1n) is 7.12. The number of aromatic nitrogens is 1. The van der Waals surface area contributed by atoms with Gasteiger partial charge < -0.3 is 10.6 Å². The Hall–Kier alpha value is -2.15. The second-order valence-corrected chi connectivity index (χ2v) is 7.74. The van der Waals surface area contributed by atoms with Gasteiger partial charge in [-0.15, -0.1) is 0 Å². The third-order valence-electron chi connectivity index (χ3n) is 3.74. The number of benzene rings is 1. The van der Waals surface area contributed by atoms with E-state index in [1.165, 1.54) is 0 Å². The molecule has 0 bridgehead atoms. The summed E-state index contributed by atoms with van der Waals surface area (Å²) in [4.78, 5) is 16.1. The molecule has 1 fully saturated rings. The van der Waals surface area contributed by atoms with Gasteiger partial charge in [0.15, 0.2) is 9.84 Å². The Balaban J connectivity index is 1.56. The van der Waals surface area contributed by atoms with Gasteiger partial charge in [0.05, 0.1) is 17.0 Å². The molecule has 1 aliphatic heterocycles. The number of urea groups is 1. The van der Waals surface area contributed by atoms with E-state index in [-0.39, 0.29) is 23.5 Å². The summed E-state index contributed by atoms with van der Waals surface area (Å²) in [6.45, 7) is 0.375. The fourth-order valence-electron chi connectivity index (χ4n) is 2.60. The Morgan fingerprint density at radius 2 is 2.18 bits per heavy atom. The molecule has 1 aromatic carbocycles. The number of anilines is 1. The monoisotopic (exact) mass is 319 g/mol. The van der Waals surface area contributed by atoms with Crippen LogP contribution in [0.4, 0.5) is 10.5 Å². The van der Waals surface area contributed by atoms with Gasteiger partial charge in [-0.25, -0.2) is 13.2 Å². The Labute approximate surface area is 128 Å². The fraction of sp³-hybridized carbons (Fsp3) is 0.333. The molecule has 2 N–H and O–H groups in total. The quantitative estimate of drug-likeness (QED) is 0.903. The average molecular weight is 319 g/mol. The number of fused-ring (bicyclic) bond motifs is 1. The molecule has 0 spiro atoms. The van der Waals surface area contributed by atoms with Gasteiger partial charge in [-0.1, -0.05) is 6.07 Å². The number of hydrogen-bond acceptors (Lipinski definition) is 4. The number of sulfone groups is 1. The highest BCUT2D eigenvalue weighted by atomic mass is 32.2. The lowest BCUT2D eigenvalue weighted by Gasteiger charge is -2.11. The van der Waals surface area contributed by atoms with Crippen molar-refractivity contribution in [3.63, 3.8) is 0 Å².